The molecule has 0 saturated carbocycles. The average molecular weight is 298 g/mol. The Morgan fingerprint density at radius 3 is 2.14 bits per heavy atom. The van der Waals surface area contributed by atoms with Gasteiger partial charge in [0.2, 0.25) is 0 Å². The number of rotatable bonds is 14. The van der Waals surface area contributed by atoms with Crippen LogP contribution in [0.3, 0.4) is 0 Å². The number of carbonyl (C=O) groups excluding carboxylic acids is 1. The van der Waals surface area contributed by atoms with E-state index in [0.717, 1.165) is 19.3 Å². The Morgan fingerprint density at radius 1 is 0.857 bits per heavy atom. The van der Waals surface area contributed by atoms with Gasteiger partial charge in [-0.05, 0) is 25.7 Å². The second kappa shape index (κ2) is 12.0. The maximum absolute atomic E-state index is 11.3. The van der Waals surface area contributed by atoms with Crippen molar-refractivity contribution >= 4 is 5.97 Å². The number of ether oxygens (including phenoxy) is 2. The van der Waals surface area contributed by atoms with Crippen molar-refractivity contribution in [2.24, 2.45) is 0 Å². The lowest BCUT2D eigenvalue weighted by Gasteiger charge is -2.03. The third-order valence-electron chi connectivity index (χ3n) is 4.12. The number of carbonyl (C=O) groups is 1. The van der Waals surface area contributed by atoms with Crippen molar-refractivity contribution in [2.45, 2.75) is 103 Å². The molecule has 0 spiro atoms. The van der Waals surface area contributed by atoms with Gasteiger partial charge in [-0.25, -0.2) is 0 Å². The van der Waals surface area contributed by atoms with Crippen LogP contribution in [0.5, 0.6) is 0 Å². The molecule has 1 fully saturated rings. The second-order valence-corrected chi connectivity index (χ2v) is 6.24. The van der Waals surface area contributed by atoms with Crippen LogP contribution in [0.25, 0.3) is 0 Å². The third-order valence-corrected chi connectivity index (χ3v) is 4.12. The zero-order chi connectivity index (χ0) is 15.3. The molecule has 1 saturated heterocycles. The van der Waals surface area contributed by atoms with Gasteiger partial charge in [0.1, 0.15) is 0 Å². The summed E-state index contributed by atoms with van der Waals surface area (Å²) in [5, 5.41) is 0. The topological polar surface area (TPSA) is 38.8 Å². The van der Waals surface area contributed by atoms with E-state index in [1.54, 1.807) is 0 Å². The van der Waals surface area contributed by atoms with Gasteiger partial charge in [-0.2, -0.15) is 0 Å². The lowest BCUT2D eigenvalue weighted by molar-refractivity contribution is -0.143. The fraction of sp³-hybridized carbons (Fsp3) is 0.944. The second-order valence-electron chi connectivity index (χ2n) is 6.24. The van der Waals surface area contributed by atoms with Crippen molar-refractivity contribution in [1.29, 1.82) is 0 Å². The van der Waals surface area contributed by atoms with Crippen LogP contribution in [0.1, 0.15) is 90.9 Å². The van der Waals surface area contributed by atoms with Crippen LogP contribution in [-0.2, 0) is 14.3 Å². The molecule has 0 radical (unpaired) electrons. The minimum atomic E-state index is -0.0270. The quantitative estimate of drug-likeness (QED) is 0.257. The molecule has 0 aliphatic carbocycles. The number of hydrogen-bond acceptors (Lipinski definition) is 3. The van der Waals surface area contributed by atoms with E-state index in [0.29, 0.717) is 25.2 Å². The van der Waals surface area contributed by atoms with Crippen LogP contribution in [0.2, 0.25) is 0 Å². The Bertz CT molecular complexity index is 265. The zero-order valence-electron chi connectivity index (χ0n) is 14.1. The first-order valence-electron chi connectivity index (χ1n) is 9.09. The minimum Gasteiger partial charge on any atom is -0.466 e. The van der Waals surface area contributed by atoms with Gasteiger partial charge >= 0.3 is 5.97 Å². The highest BCUT2D eigenvalue weighted by Crippen LogP contribution is 2.31. The maximum atomic E-state index is 11.3. The number of hydrogen-bond donors (Lipinski definition) is 0. The fourth-order valence-electron chi connectivity index (χ4n) is 2.70. The first-order valence-corrected chi connectivity index (χ1v) is 9.09. The van der Waals surface area contributed by atoms with E-state index in [2.05, 4.69) is 6.92 Å². The summed E-state index contributed by atoms with van der Waals surface area (Å²) >= 11 is 0. The Hall–Kier alpha value is -0.570. The van der Waals surface area contributed by atoms with Gasteiger partial charge in [-0.1, -0.05) is 58.8 Å². The van der Waals surface area contributed by atoms with E-state index in [1.165, 1.54) is 51.4 Å². The van der Waals surface area contributed by atoms with Crippen molar-refractivity contribution in [3.63, 3.8) is 0 Å². The third kappa shape index (κ3) is 9.89. The molecule has 21 heavy (non-hydrogen) atoms. The molecular formula is C18H34O3. The summed E-state index contributed by atoms with van der Waals surface area (Å²) in [5.41, 5.74) is 0. The van der Waals surface area contributed by atoms with Gasteiger partial charge in [0.25, 0.3) is 0 Å². The standard InChI is InChI=1S/C18H34O3/c1-3-5-12-16-17(21-16)13-10-8-6-7-9-11-14-18(19)20-15-4-2/h16-17H,3-15H2,1-2H3. The molecule has 3 heteroatoms. The highest BCUT2D eigenvalue weighted by Gasteiger charge is 2.36. The first kappa shape index (κ1) is 18.5. The number of esters is 1. The van der Waals surface area contributed by atoms with Crippen molar-refractivity contribution in [3.8, 4) is 0 Å². The van der Waals surface area contributed by atoms with Crippen LogP contribution in [-0.4, -0.2) is 24.8 Å². The molecule has 3 nitrogen and oxygen atoms in total. The maximum Gasteiger partial charge on any atom is 0.305 e. The summed E-state index contributed by atoms with van der Waals surface area (Å²) in [6, 6.07) is 0. The van der Waals surface area contributed by atoms with E-state index in [4.69, 9.17) is 9.47 Å². The highest BCUT2D eigenvalue weighted by molar-refractivity contribution is 5.69. The largest absolute Gasteiger partial charge is 0.466 e. The van der Waals surface area contributed by atoms with Gasteiger partial charge in [-0.15, -0.1) is 0 Å². The van der Waals surface area contributed by atoms with E-state index in [-0.39, 0.29) is 5.97 Å². The molecule has 1 heterocycles. The van der Waals surface area contributed by atoms with Crippen molar-refractivity contribution in [2.75, 3.05) is 6.61 Å². The molecule has 0 aromatic carbocycles. The summed E-state index contributed by atoms with van der Waals surface area (Å²) < 4.78 is 10.7. The van der Waals surface area contributed by atoms with Gasteiger partial charge in [0, 0.05) is 6.42 Å². The van der Waals surface area contributed by atoms with E-state index < -0.39 is 0 Å². The molecule has 2 unspecified atom stereocenters. The first-order chi connectivity index (χ1) is 10.3. The molecule has 1 aliphatic rings. The Balaban J connectivity index is 1.76. The fourth-order valence-corrected chi connectivity index (χ4v) is 2.70. The van der Waals surface area contributed by atoms with E-state index in [9.17, 15) is 4.79 Å². The Kier molecular flexibility index (Phi) is 10.6. The lowest BCUT2D eigenvalue weighted by Crippen LogP contribution is -2.04. The Morgan fingerprint density at radius 2 is 1.48 bits per heavy atom. The van der Waals surface area contributed by atoms with Crippen LogP contribution in [0, 0.1) is 0 Å². The van der Waals surface area contributed by atoms with Crippen molar-refractivity contribution in [1.82, 2.24) is 0 Å². The summed E-state index contributed by atoms with van der Waals surface area (Å²) in [6.45, 7) is 4.83. The molecule has 124 valence electrons. The van der Waals surface area contributed by atoms with Crippen LogP contribution in [0.4, 0.5) is 0 Å². The van der Waals surface area contributed by atoms with Gasteiger partial charge in [-0.3, -0.25) is 4.79 Å². The molecule has 2 atom stereocenters. The summed E-state index contributed by atoms with van der Waals surface area (Å²) in [7, 11) is 0. The summed E-state index contributed by atoms with van der Waals surface area (Å²) in [4.78, 5) is 11.3. The highest BCUT2D eigenvalue weighted by atomic mass is 16.6. The van der Waals surface area contributed by atoms with Crippen molar-refractivity contribution < 1.29 is 14.3 Å². The lowest BCUT2D eigenvalue weighted by atomic mass is 10.0. The summed E-state index contributed by atoms with van der Waals surface area (Å²) in [5.74, 6) is -0.0270. The van der Waals surface area contributed by atoms with Gasteiger partial charge in [0.05, 0.1) is 18.8 Å². The van der Waals surface area contributed by atoms with Gasteiger partial charge in [0.15, 0.2) is 0 Å². The smallest absolute Gasteiger partial charge is 0.305 e. The predicted octanol–water partition coefficient (Wildman–Crippen LogP) is 5.02. The molecule has 0 amide bonds. The number of unbranched alkanes of at least 4 members (excludes halogenated alkanes) is 6. The molecule has 0 aromatic heterocycles. The van der Waals surface area contributed by atoms with E-state index in [1.807, 2.05) is 6.92 Å². The zero-order valence-corrected chi connectivity index (χ0v) is 14.1. The number of epoxide rings is 1. The normalized spacial score (nSPS) is 20.5. The molecule has 1 rings (SSSR count). The van der Waals surface area contributed by atoms with Crippen LogP contribution < -0.4 is 0 Å². The average Bonchev–Trinajstić information content (AvgIpc) is 3.24. The SMILES string of the molecule is CCCCC1OC1CCCCCCCCC(=O)OCCC. The monoisotopic (exact) mass is 298 g/mol. The predicted molar refractivity (Wildman–Crippen MR) is 86.4 cm³/mol. The molecule has 1 aliphatic heterocycles. The van der Waals surface area contributed by atoms with Crippen molar-refractivity contribution in [3.05, 3.63) is 0 Å². The summed E-state index contributed by atoms with van der Waals surface area (Å²) in [6.07, 6.45) is 15.0. The Labute approximate surface area is 130 Å². The molecule has 0 N–H and O–H groups in total. The van der Waals surface area contributed by atoms with E-state index >= 15 is 0 Å². The molecule has 0 bridgehead atoms. The molecule has 0 aromatic rings. The van der Waals surface area contributed by atoms with Crippen LogP contribution >= 0.6 is 0 Å². The van der Waals surface area contributed by atoms with Gasteiger partial charge < -0.3 is 9.47 Å². The van der Waals surface area contributed by atoms with Crippen LogP contribution in [0.15, 0.2) is 0 Å². The molecular weight excluding hydrogens is 264 g/mol. The minimum absolute atomic E-state index is 0.0270.